The highest BCUT2D eigenvalue weighted by molar-refractivity contribution is 8.05. The SMILES string of the molecule is C=C(C)SC=CCC. The summed E-state index contributed by atoms with van der Waals surface area (Å²) < 4.78 is 0. The standard InChI is InChI=1S/C7H12S/c1-4-5-6-8-7(2)3/h5-6H,2,4H2,1,3H3. The van der Waals surface area contributed by atoms with Crippen molar-refractivity contribution >= 4 is 11.8 Å². The molecule has 8 heavy (non-hydrogen) atoms. The molecule has 0 nitrogen and oxygen atoms in total. The van der Waals surface area contributed by atoms with E-state index < -0.39 is 0 Å². The zero-order valence-electron chi connectivity index (χ0n) is 5.48. The minimum atomic E-state index is 1.11. The van der Waals surface area contributed by atoms with Gasteiger partial charge in [-0.25, -0.2) is 0 Å². The van der Waals surface area contributed by atoms with Crippen LogP contribution >= 0.6 is 11.8 Å². The zero-order chi connectivity index (χ0) is 6.41. The van der Waals surface area contributed by atoms with Gasteiger partial charge in [0.15, 0.2) is 0 Å². The Hall–Kier alpha value is -0.170. The Morgan fingerprint density at radius 2 is 2.38 bits per heavy atom. The third-order valence-corrected chi connectivity index (χ3v) is 1.33. The summed E-state index contributed by atoms with van der Waals surface area (Å²) in [6.07, 6.45) is 3.24. The molecule has 0 aromatic heterocycles. The van der Waals surface area contributed by atoms with Crippen molar-refractivity contribution in [3.8, 4) is 0 Å². The Kier molecular flexibility index (Phi) is 4.87. The quantitative estimate of drug-likeness (QED) is 0.562. The minimum absolute atomic E-state index is 1.11. The number of allylic oxidation sites excluding steroid dienone is 2. The van der Waals surface area contributed by atoms with Crippen LogP contribution in [0.15, 0.2) is 23.0 Å². The summed E-state index contributed by atoms with van der Waals surface area (Å²) in [5, 5.41) is 2.07. The van der Waals surface area contributed by atoms with Gasteiger partial charge in [0.1, 0.15) is 0 Å². The smallest absolute Gasteiger partial charge is 0.0211 e. The lowest BCUT2D eigenvalue weighted by atomic mass is 10.5. The Morgan fingerprint density at radius 1 is 1.75 bits per heavy atom. The van der Waals surface area contributed by atoms with Gasteiger partial charge in [-0.15, -0.1) is 11.8 Å². The molecule has 1 heteroatoms. The normalized spacial score (nSPS) is 10.2. The fraction of sp³-hybridized carbons (Fsp3) is 0.429. The van der Waals surface area contributed by atoms with Crippen LogP contribution in [0.25, 0.3) is 0 Å². The molecule has 0 saturated carbocycles. The van der Waals surface area contributed by atoms with Crippen LogP contribution in [0.5, 0.6) is 0 Å². The van der Waals surface area contributed by atoms with E-state index in [1.54, 1.807) is 11.8 Å². The van der Waals surface area contributed by atoms with E-state index in [0.717, 1.165) is 11.3 Å². The van der Waals surface area contributed by atoms with Gasteiger partial charge >= 0.3 is 0 Å². The van der Waals surface area contributed by atoms with Gasteiger partial charge in [0.05, 0.1) is 0 Å². The van der Waals surface area contributed by atoms with Gasteiger partial charge in [0, 0.05) is 0 Å². The van der Waals surface area contributed by atoms with Crippen molar-refractivity contribution in [2.45, 2.75) is 20.3 Å². The van der Waals surface area contributed by atoms with Crippen LogP contribution in [0, 0.1) is 0 Å². The second-order valence-electron chi connectivity index (χ2n) is 1.60. The van der Waals surface area contributed by atoms with Crippen molar-refractivity contribution in [3.63, 3.8) is 0 Å². The van der Waals surface area contributed by atoms with Gasteiger partial charge in [0.25, 0.3) is 0 Å². The van der Waals surface area contributed by atoms with Crippen LogP contribution in [0.3, 0.4) is 0 Å². The van der Waals surface area contributed by atoms with Gasteiger partial charge in [-0.1, -0.05) is 19.6 Å². The van der Waals surface area contributed by atoms with Crippen molar-refractivity contribution < 1.29 is 0 Å². The first-order valence-corrected chi connectivity index (χ1v) is 3.62. The molecule has 0 radical (unpaired) electrons. The van der Waals surface area contributed by atoms with E-state index in [0.29, 0.717) is 0 Å². The Bertz CT molecular complexity index is 92.6. The lowest BCUT2D eigenvalue weighted by Gasteiger charge is -1.86. The molecule has 0 atom stereocenters. The molecule has 0 aromatic rings. The first-order chi connectivity index (χ1) is 3.77. The number of rotatable bonds is 3. The van der Waals surface area contributed by atoms with E-state index in [-0.39, 0.29) is 0 Å². The molecule has 0 unspecified atom stereocenters. The minimum Gasteiger partial charge on any atom is -0.104 e. The summed E-state index contributed by atoms with van der Waals surface area (Å²) >= 11 is 1.68. The molecule has 0 aliphatic heterocycles. The Balaban J connectivity index is 3.16. The summed E-state index contributed by atoms with van der Waals surface area (Å²) in [7, 11) is 0. The average molecular weight is 128 g/mol. The van der Waals surface area contributed by atoms with Crippen LogP contribution in [-0.2, 0) is 0 Å². The summed E-state index contributed by atoms with van der Waals surface area (Å²) in [5.74, 6) is 0. The molecule has 0 amide bonds. The summed E-state index contributed by atoms with van der Waals surface area (Å²) in [6, 6.07) is 0. The van der Waals surface area contributed by atoms with Crippen molar-refractivity contribution in [2.75, 3.05) is 0 Å². The monoisotopic (exact) mass is 128 g/mol. The molecule has 0 heterocycles. The van der Waals surface area contributed by atoms with E-state index >= 15 is 0 Å². The largest absolute Gasteiger partial charge is 0.104 e. The van der Waals surface area contributed by atoms with Gasteiger partial charge in [0.2, 0.25) is 0 Å². The van der Waals surface area contributed by atoms with Gasteiger partial charge in [-0.3, -0.25) is 0 Å². The maximum Gasteiger partial charge on any atom is -0.0211 e. The van der Waals surface area contributed by atoms with Crippen LogP contribution in [0.4, 0.5) is 0 Å². The molecular weight excluding hydrogens is 116 g/mol. The summed E-state index contributed by atoms with van der Waals surface area (Å²) in [6.45, 7) is 7.86. The lowest BCUT2D eigenvalue weighted by Crippen LogP contribution is -1.54. The molecule has 0 fully saturated rings. The third-order valence-electron chi connectivity index (χ3n) is 0.601. The second-order valence-corrected chi connectivity index (χ2v) is 2.80. The topological polar surface area (TPSA) is 0 Å². The predicted molar refractivity (Wildman–Crippen MR) is 41.8 cm³/mol. The van der Waals surface area contributed by atoms with Gasteiger partial charge in [-0.05, 0) is 23.7 Å². The number of hydrogen-bond donors (Lipinski definition) is 0. The first-order valence-electron chi connectivity index (χ1n) is 2.74. The molecule has 0 N–H and O–H groups in total. The fourth-order valence-corrected chi connectivity index (χ4v) is 0.781. The molecule has 0 spiro atoms. The van der Waals surface area contributed by atoms with Crippen molar-refractivity contribution in [1.29, 1.82) is 0 Å². The van der Waals surface area contributed by atoms with E-state index in [1.807, 2.05) is 6.92 Å². The van der Waals surface area contributed by atoms with Crippen LogP contribution in [-0.4, -0.2) is 0 Å². The molecule has 0 saturated heterocycles. The third kappa shape index (κ3) is 5.83. The highest BCUT2D eigenvalue weighted by atomic mass is 32.2. The average Bonchev–Trinajstić information content (AvgIpc) is 1.66. The van der Waals surface area contributed by atoms with Gasteiger partial charge in [-0.2, -0.15) is 0 Å². The summed E-state index contributed by atoms with van der Waals surface area (Å²) in [4.78, 5) is 1.15. The number of thioether (sulfide) groups is 1. The highest BCUT2D eigenvalue weighted by Crippen LogP contribution is 2.12. The van der Waals surface area contributed by atoms with Crippen LogP contribution in [0.1, 0.15) is 20.3 Å². The van der Waals surface area contributed by atoms with Crippen molar-refractivity contribution in [2.24, 2.45) is 0 Å². The lowest BCUT2D eigenvalue weighted by molar-refractivity contribution is 1.23. The highest BCUT2D eigenvalue weighted by Gasteiger charge is 1.75. The van der Waals surface area contributed by atoms with E-state index in [2.05, 4.69) is 25.0 Å². The van der Waals surface area contributed by atoms with Crippen molar-refractivity contribution in [3.05, 3.63) is 23.0 Å². The molecular formula is C7H12S. The predicted octanol–water partition coefficient (Wildman–Crippen LogP) is 3.18. The summed E-state index contributed by atoms with van der Waals surface area (Å²) in [5.41, 5.74) is 0. The maximum absolute atomic E-state index is 3.74. The fourth-order valence-electron chi connectivity index (χ4n) is 0.260. The molecule has 0 rings (SSSR count). The van der Waals surface area contributed by atoms with E-state index in [9.17, 15) is 0 Å². The van der Waals surface area contributed by atoms with E-state index in [1.165, 1.54) is 0 Å². The molecule has 0 aromatic carbocycles. The molecule has 46 valence electrons. The van der Waals surface area contributed by atoms with Gasteiger partial charge < -0.3 is 0 Å². The van der Waals surface area contributed by atoms with Crippen LogP contribution in [0.2, 0.25) is 0 Å². The molecule has 0 aliphatic rings. The van der Waals surface area contributed by atoms with Crippen molar-refractivity contribution in [1.82, 2.24) is 0 Å². The number of hydrogen-bond acceptors (Lipinski definition) is 1. The first kappa shape index (κ1) is 7.83. The Labute approximate surface area is 55.7 Å². The maximum atomic E-state index is 3.74. The second kappa shape index (κ2) is 4.98. The molecule has 0 bridgehead atoms. The molecule has 0 aliphatic carbocycles. The van der Waals surface area contributed by atoms with E-state index in [4.69, 9.17) is 0 Å². The van der Waals surface area contributed by atoms with Crippen LogP contribution < -0.4 is 0 Å². The zero-order valence-corrected chi connectivity index (χ0v) is 6.29. The Morgan fingerprint density at radius 3 is 2.75 bits per heavy atom.